The molecule has 3 rings (SSSR count). The molecule has 0 bridgehead atoms. The van der Waals surface area contributed by atoms with E-state index in [9.17, 15) is 26.8 Å². The van der Waals surface area contributed by atoms with Crippen LogP contribution < -0.4 is 24.8 Å². The van der Waals surface area contributed by atoms with Crippen LogP contribution in [0.15, 0.2) is 42.5 Å². The SMILES string of the molecule is N#CCNC(=O)[C@H](CS(=O)(=O)Cc1ccccc1OC(F)F)NC(=O)c1ccc2c(c1)OCO2. The molecule has 0 radical (unpaired) electrons. The number of nitrogens with one attached hydrogen (secondary N) is 2. The number of hydrogen-bond acceptors (Lipinski definition) is 8. The number of rotatable bonds is 10. The summed E-state index contributed by atoms with van der Waals surface area (Å²) in [6.07, 6.45) is 0. The second-order valence-corrected chi connectivity index (χ2v) is 9.12. The molecule has 1 aliphatic rings. The fraction of sp³-hybridized carbons (Fsp3) is 0.286. The summed E-state index contributed by atoms with van der Waals surface area (Å²) in [5.74, 6) is -2.85. The van der Waals surface area contributed by atoms with E-state index in [4.69, 9.17) is 14.7 Å². The zero-order chi connectivity index (χ0) is 24.7. The molecule has 1 atom stereocenters. The van der Waals surface area contributed by atoms with Gasteiger partial charge < -0.3 is 24.8 Å². The average Bonchev–Trinajstić information content (AvgIpc) is 3.25. The molecule has 2 aromatic rings. The van der Waals surface area contributed by atoms with Gasteiger partial charge in [0.15, 0.2) is 21.3 Å². The van der Waals surface area contributed by atoms with E-state index in [2.05, 4.69) is 15.4 Å². The summed E-state index contributed by atoms with van der Waals surface area (Å²) in [5.41, 5.74) is 0.0384. The molecule has 180 valence electrons. The molecule has 0 unspecified atom stereocenters. The number of para-hydroxylation sites is 1. The molecule has 0 saturated heterocycles. The van der Waals surface area contributed by atoms with Crippen molar-refractivity contribution in [1.29, 1.82) is 5.26 Å². The van der Waals surface area contributed by atoms with Crippen LogP contribution in [-0.4, -0.2) is 52.0 Å². The maximum absolute atomic E-state index is 12.8. The van der Waals surface area contributed by atoms with Gasteiger partial charge in [0.25, 0.3) is 5.91 Å². The predicted molar refractivity (Wildman–Crippen MR) is 113 cm³/mol. The second-order valence-electron chi connectivity index (χ2n) is 7.01. The molecule has 13 heteroatoms. The monoisotopic (exact) mass is 495 g/mol. The van der Waals surface area contributed by atoms with Crippen LogP contribution >= 0.6 is 0 Å². The number of carbonyl (C=O) groups is 2. The Morgan fingerprint density at radius 3 is 2.62 bits per heavy atom. The maximum Gasteiger partial charge on any atom is 0.387 e. The van der Waals surface area contributed by atoms with Crippen LogP contribution in [0.25, 0.3) is 0 Å². The Balaban J connectivity index is 1.78. The summed E-state index contributed by atoms with van der Waals surface area (Å²) in [6, 6.07) is 9.70. The van der Waals surface area contributed by atoms with E-state index in [-0.39, 0.29) is 23.7 Å². The number of fused-ring (bicyclic) bond motifs is 1. The van der Waals surface area contributed by atoms with Crippen LogP contribution in [0.3, 0.4) is 0 Å². The second kappa shape index (κ2) is 10.8. The molecule has 0 aliphatic carbocycles. The number of benzene rings is 2. The standard InChI is InChI=1S/C21H19F2N3O7S/c22-21(23)33-16-4-2-1-3-14(16)10-34(29,30)11-15(20(28)25-8-7-24)26-19(27)13-5-6-17-18(9-13)32-12-31-17/h1-6,9,15,21H,8,10-12H2,(H,25,28)(H,26,27)/t15-/m0/s1. The van der Waals surface area contributed by atoms with E-state index in [1.165, 1.54) is 42.5 Å². The quantitative estimate of drug-likeness (QED) is 0.471. The lowest BCUT2D eigenvalue weighted by Gasteiger charge is -2.19. The summed E-state index contributed by atoms with van der Waals surface area (Å²) in [7, 11) is -4.13. The highest BCUT2D eigenvalue weighted by molar-refractivity contribution is 7.90. The minimum Gasteiger partial charge on any atom is -0.454 e. The fourth-order valence-corrected chi connectivity index (χ4v) is 4.67. The number of nitrogens with zero attached hydrogens (tertiary/aromatic N) is 1. The summed E-state index contributed by atoms with van der Waals surface area (Å²) >= 11 is 0. The van der Waals surface area contributed by atoms with Gasteiger partial charge in [-0.3, -0.25) is 9.59 Å². The number of carbonyl (C=O) groups excluding carboxylic acids is 2. The number of ether oxygens (including phenoxy) is 3. The van der Waals surface area contributed by atoms with Crippen LogP contribution in [0.4, 0.5) is 8.78 Å². The number of sulfone groups is 1. The molecule has 2 N–H and O–H groups in total. The van der Waals surface area contributed by atoms with Gasteiger partial charge in [0, 0.05) is 11.1 Å². The number of alkyl halides is 2. The summed E-state index contributed by atoms with van der Waals surface area (Å²) in [4.78, 5) is 25.2. The van der Waals surface area contributed by atoms with E-state index < -0.39 is 52.4 Å². The zero-order valence-electron chi connectivity index (χ0n) is 17.5. The third-order valence-corrected chi connectivity index (χ3v) is 6.17. The van der Waals surface area contributed by atoms with Crippen molar-refractivity contribution in [2.24, 2.45) is 0 Å². The van der Waals surface area contributed by atoms with E-state index in [0.29, 0.717) is 11.5 Å². The Morgan fingerprint density at radius 2 is 1.88 bits per heavy atom. The highest BCUT2D eigenvalue weighted by Crippen LogP contribution is 2.32. The summed E-state index contributed by atoms with van der Waals surface area (Å²) in [5, 5.41) is 13.2. The fourth-order valence-electron chi connectivity index (χ4n) is 3.10. The number of nitriles is 1. The first kappa shape index (κ1) is 24.7. The van der Waals surface area contributed by atoms with Crippen LogP contribution in [-0.2, 0) is 20.4 Å². The summed E-state index contributed by atoms with van der Waals surface area (Å²) in [6.45, 7) is -3.59. The molecule has 2 aromatic carbocycles. The van der Waals surface area contributed by atoms with Gasteiger partial charge in [0.2, 0.25) is 12.7 Å². The van der Waals surface area contributed by atoms with Crippen molar-refractivity contribution in [3.8, 4) is 23.3 Å². The lowest BCUT2D eigenvalue weighted by Crippen LogP contribution is -2.50. The first-order chi connectivity index (χ1) is 16.2. The van der Waals surface area contributed by atoms with Crippen molar-refractivity contribution in [3.63, 3.8) is 0 Å². The van der Waals surface area contributed by atoms with Gasteiger partial charge in [0.05, 0.1) is 17.6 Å². The molecule has 2 amide bonds. The Morgan fingerprint density at radius 1 is 1.15 bits per heavy atom. The number of halogens is 2. The lowest BCUT2D eigenvalue weighted by atomic mass is 10.1. The molecule has 34 heavy (non-hydrogen) atoms. The van der Waals surface area contributed by atoms with Crippen molar-refractivity contribution in [2.45, 2.75) is 18.4 Å². The Labute approximate surface area is 193 Å². The van der Waals surface area contributed by atoms with E-state index in [1.54, 1.807) is 6.07 Å². The van der Waals surface area contributed by atoms with Crippen molar-refractivity contribution in [3.05, 3.63) is 53.6 Å². The largest absolute Gasteiger partial charge is 0.454 e. The summed E-state index contributed by atoms with van der Waals surface area (Å²) < 4.78 is 65.6. The number of hydrogen-bond donors (Lipinski definition) is 2. The molecule has 0 fully saturated rings. The number of amides is 2. The minimum absolute atomic E-state index is 0.0193. The third kappa shape index (κ3) is 6.55. The van der Waals surface area contributed by atoms with Crippen molar-refractivity contribution >= 4 is 21.7 Å². The first-order valence-corrected chi connectivity index (χ1v) is 11.6. The van der Waals surface area contributed by atoms with Crippen LogP contribution in [0, 0.1) is 11.3 Å². The van der Waals surface area contributed by atoms with Gasteiger partial charge >= 0.3 is 6.61 Å². The molecule has 0 aromatic heterocycles. The molecule has 1 aliphatic heterocycles. The Bertz CT molecular complexity index is 1220. The molecular formula is C21H19F2N3O7S. The van der Waals surface area contributed by atoms with Gasteiger partial charge in [-0.15, -0.1) is 0 Å². The molecule has 0 saturated carbocycles. The maximum atomic E-state index is 12.8. The normalized spacial score (nSPS) is 13.1. The topological polar surface area (TPSA) is 144 Å². The smallest absolute Gasteiger partial charge is 0.387 e. The van der Waals surface area contributed by atoms with Crippen molar-refractivity contribution in [2.75, 3.05) is 19.1 Å². The van der Waals surface area contributed by atoms with E-state index in [1.807, 2.05) is 0 Å². The predicted octanol–water partition coefficient (Wildman–Crippen LogP) is 1.37. The average molecular weight is 495 g/mol. The van der Waals surface area contributed by atoms with Gasteiger partial charge in [-0.2, -0.15) is 14.0 Å². The van der Waals surface area contributed by atoms with Crippen LogP contribution in [0.5, 0.6) is 17.2 Å². The molecule has 0 spiro atoms. The molecular weight excluding hydrogens is 476 g/mol. The van der Waals surface area contributed by atoms with E-state index in [0.717, 1.165) is 0 Å². The van der Waals surface area contributed by atoms with Gasteiger partial charge in [-0.25, -0.2) is 8.42 Å². The Hall–Kier alpha value is -3.92. The van der Waals surface area contributed by atoms with E-state index >= 15 is 0 Å². The van der Waals surface area contributed by atoms with Crippen LogP contribution in [0.2, 0.25) is 0 Å². The Kier molecular flexibility index (Phi) is 7.85. The molecule has 1 heterocycles. The minimum atomic E-state index is -4.13. The van der Waals surface area contributed by atoms with Gasteiger partial charge in [-0.1, -0.05) is 18.2 Å². The van der Waals surface area contributed by atoms with Crippen molar-refractivity contribution in [1.82, 2.24) is 10.6 Å². The highest BCUT2D eigenvalue weighted by atomic mass is 32.2. The van der Waals surface area contributed by atoms with Crippen molar-refractivity contribution < 1.29 is 41.0 Å². The molecule has 10 nitrogen and oxygen atoms in total. The van der Waals surface area contributed by atoms with Gasteiger partial charge in [-0.05, 0) is 24.3 Å². The van der Waals surface area contributed by atoms with Gasteiger partial charge in [0.1, 0.15) is 18.3 Å². The highest BCUT2D eigenvalue weighted by Gasteiger charge is 2.29. The van der Waals surface area contributed by atoms with Crippen LogP contribution in [0.1, 0.15) is 15.9 Å². The first-order valence-electron chi connectivity index (χ1n) is 9.77. The zero-order valence-corrected chi connectivity index (χ0v) is 18.3. The third-order valence-electron chi connectivity index (χ3n) is 4.58. The lowest BCUT2D eigenvalue weighted by molar-refractivity contribution is -0.122.